The van der Waals surface area contributed by atoms with Gasteiger partial charge in [-0.15, -0.1) is 11.3 Å². The van der Waals surface area contributed by atoms with E-state index >= 15 is 0 Å². The second-order valence-corrected chi connectivity index (χ2v) is 6.28. The van der Waals surface area contributed by atoms with Crippen molar-refractivity contribution in [2.75, 3.05) is 7.11 Å². The van der Waals surface area contributed by atoms with Gasteiger partial charge < -0.3 is 14.6 Å². The van der Waals surface area contributed by atoms with E-state index in [1.807, 2.05) is 29.6 Å². The summed E-state index contributed by atoms with van der Waals surface area (Å²) in [6, 6.07) is 12.6. The lowest BCUT2D eigenvalue weighted by Crippen LogP contribution is -2.06. The van der Waals surface area contributed by atoms with E-state index in [1.165, 1.54) is 17.4 Å². The average Bonchev–Trinajstić information content (AvgIpc) is 3.11. The molecule has 1 aromatic heterocycles. The van der Waals surface area contributed by atoms with Gasteiger partial charge in [-0.1, -0.05) is 12.1 Å². The molecule has 0 saturated heterocycles. The molecule has 3 rings (SSSR count). The number of rotatable bonds is 5. The Balaban J connectivity index is 1.67. The van der Waals surface area contributed by atoms with Gasteiger partial charge in [0.2, 0.25) is 0 Å². The highest BCUT2D eigenvalue weighted by atomic mass is 32.1. The third kappa shape index (κ3) is 3.80. The Morgan fingerprint density at radius 1 is 1.20 bits per heavy atom. The van der Waals surface area contributed by atoms with Crippen molar-refractivity contribution in [2.45, 2.75) is 13.5 Å². The summed E-state index contributed by atoms with van der Waals surface area (Å²) < 4.78 is 10.4. The minimum Gasteiger partial charge on any atom is -0.507 e. The number of nitrogens with zero attached hydrogens (tertiary/aromatic N) is 1. The third-order valence-electron chi connectivity index (χ3n) is 3.70. The molecule has 0 amide bonds. The van der Waals surface area contributed by atoms with Crippen LogP contribution in [0.4, 0.5) is 0 Å². The van der Waals surface area contributed by atoms with Gasteiger partial charge in [-0.3, -0.25) is 0 Å². The van der Waals surface area contributed by atoms with Gasteiger partial charge in [0, 0.05) is 10.9 Å². The molecule has 5 nitrogen and oxygen atoms in total. The molecule has 0 bridgehead atoms. The SMILES string of the molecule is COc1ccc(-c2nc(COC(=O)c3cccc(C)c3O)cs2)cc1. The first-order chi connectivity index (χ1) is 12.1. The molecular weight excluding hydrogens is 338 g/mol. The number of hydrogen-bond donors (Lipinski definition) is 1. The maximum Gasteiger partial charge on any atom is 0.342 e. The van der Waals surface area contributed by atoms with Crippen molar-refractivity contribution in [1.29, 1.82) is 0 Å². The quantitative estimate of drug-likeness (QED) is 0.695. The number of carbonyl (C=O) groups excluding carboxylic acids is 1. The molecule has 0 unspecified atom stereocenters. The van der Waals surface area contributed by atoms with E-state index in [-0.39, 0.29) is 17.9 Å². The molecule has 0 radical (unpaired) electrons. The van der Waals surface area contributed by atoms with Crippen molar-refractivity contribution in [3.63, 3.8) is 0 Å². The largest absolute Gasteiger partial charge is 0.507 e. The second-order valence-electron chi connectivity index (χ2n) is 5.42. The van der Waals surface area contributed by atoms with Crippen LogP contribution in [0.25, 0.3) is 10.6 Å². The van der Waals surface area contributed by atoms with Gasteiger partial charge in [0.05, 0.1) is 12.8 Å². The molecule has 0 spiro atoms. The molecule has 0 saturated carbocycles. The Bertz CT molecular complexity index is 887. The fraction of sp³-hybridized carbons (Fsp3) is 0.158. The van der Waals surface area contributed by atoms with Crippen LogP contribution >= 0.6 is 11.3 Å². The molecule has 0 aliphatic heterocycles. The van der Waals surface area contributed by atoms with Gasteiger partial charge in [0.1, 0.15) is 28.7 Å². The summed E-state index contributed by atoms with van der Waals surface area (Å²) in [6.07, 6.45) is 0. The monoisotopic (exact) mass is 355 g/mol. The molecule has 128 valence electrons. The van der Waals surface area contributed by atoms with Crippen LogP contribution in [0, 0.1) is 6.92 Å². The van der Waals surface area contributed by atoms with Crippen molar-refractivity contribution in [3.05, 3.63) is 64.7 Å². The summed E-state index contributed by atoms with van der Waals surface area (Å²) in [5.41, 5.74) is 2.42. The first-order valence-electron chi connectivity index (χ1n) is 7.63. The zero-order valence-corrected chi connectivity index (χ0v) is 14.7. The number of methoxy groups -OCH3 is 1. The number of para-hydroxylation sites is 1. The Hall–Kier alpha value is -2.86. The van der Waals surface area contributed by atoms with Gasteiger partial charge in [0.15, 0.2) is 0 Å². The van der Waals surface area contributed by atoms with E-state index in [9.17, 15) is 9.90 Å². The fourth-order valence-electron chi connectivity index (χ4n) is 2.28. The summed E-state index contributed by atoms with van der Waals surface area (Å²) in [5.74, 6) is 0.164. The predicted molar refractivity (Wildman–Crippen MR) is 96.1 cm³/mol. The summed E-state index contributed by atoms with van der Waals surface area (Å²) in [4.78, 5) is 16.6. The Labute approximate surface area is 149 Å². The van der Waals surface area contributed by atoms with Gasteiger partial charge in [-0.05, 0) is 42.8 Å². The minimum absolute atomic E-state index is 0.0512. The van der Waals surface area contributed by atoms with E-state index < -0.39 is 5.97 Å². The number of thiazole rings is 1. The summed E-state index contributed by atoms with van der Waals surface area (Å²) in [7, 11) is 1.62. The number of aromatic nitrogens is 1. The van der Waals surface area contributed by atoms with Crippen LogP contribution in [-0.4, -0.2) is 23.2 Å². The number of aryl methyl sites for hydroxylation is 1. The zero-order valence-electron chi connectivity index (χ0n) is 13.9. The van der Waals surface area contributed by atoms with Crippen molar-refractivity contribution >= 4 is 17.3 Å². The number of esters is 1. The number of ether oxygens (including phenoxy) is 2. The maximum atomic E-state index is 12.1. The Morgan fingerprint density at radius 2 is 1.96 bits per heavy atom. The Kier molecular flexibility index (Phi) is 5.00. The number of phenols is 1. The van der Waals surface area contributed by atoms with E-state index in [0.29, 0.717) is 11.3 Å². The molecule has 0 atom stereocenters. The molecular formula is C19H17NO4S. The molecule has 3 aromatic rings. The van der Waals surface area contributed by atoms with Crippen LogP contribution < -0.4 is 4.74 Å². The third-order valence-corrected chi connectivity index (χ3v) is 4.64. The second kappa shape index (κ2) is 7.36. The van der Waals surface area contributed by atoms with E-state index in [4.69, 9.17) is 9.47 Å². The van der Waals surface area contributed by atoms with Crippen LogP contribution in [0.3, 0.4) is 0 Å². The van der Waals surface area contributed by atoms with Crippen molar-refractivity contribution in [1.82, 2.24) is 4.98 Å². The highest BCUT2D eigenvalue weighted by Gasteiger charge is 2.15. The number of phenolic OH excluding ortho intramolecular Hbond substituents is 1. The zero-order chi connectivity index (χ0) is 17.8. The lowest BCUT2D eigenvalue weighted by atomic mass is 10.1. The molecule has 0 aliphatic rings. The average molecular weight is 355 g/mol. The van der Waals surface area contributed by atoms with Crippen LogP contribution in [-0.2, 0) is 11.3 Å². The van der Waals surface area contributed by atoms with Gasteiger partial charge in [-0.25, -0.2) is 9.78 Å². The highest BCUT2D eigenvalue weighted by molar-refractivity contribution is 7.13. The van der Waals surface area contributed by atoms with Crippen LogP contribution in [0.5, 0.6) is 11.5 Å². The molecule has 2 aromatic carbocycles. The lowest BCUT2D eigenvalue weighted by molar-refractivity contribution is 0.0465. The highest BCUT2D eigenvalue weighted by Crippen LogP contribution is 2.26. The number of aromatic hydroxyl groups is 1. The smallest absolute Gasteiger partial charge is 0.342 e. The summed E-state index contributed by atoms with van der Waals surface area (Å²) in [5, 5.41) is 12.6. The molecule has 6 heteroatoms. The molecule has 0 aliphatic carbocycles. The number of hydrogen-bond acceptors (Lipinski definition) is 6. The molecule has 25 heavy (non-hydrogen) atoms. The minimum atomic E-state index is -0.569. The molecule has 0 fully saturated rings. The number of carbonyl (C=O) groups is 1. The summed E-state index contributed by atoms with van der Waals surface area (Å²) in [6.45, 7) is 1.78. The summed E-state index contributed by atoms with van der Waals surface area (Å²) >= 11 is 1.48. The van der Waals surface area contributed by atoms with Crippen molar-refractivity contribution < 1.29 is 19.4 Å². The standard InChI is InChI=1S/C19H17NO4S/c1-12-4-3-5-16(17(12)21)19(22)24-10-14-11-25-18(20-14)13-6-8-15(23-2)9-7-13/h3-9,11,21H,10H2,1-2H3. The van der Waals surface area contributed by atoms with E-state index in [2.05, 4.69) is 4.98 Å². The molecule has 1 heterocycles. The normalized spacial score (nSPS) is 10.5. The van der Waals surface area contributed by atoms with Gasteiger partial charge in [-0.2, -0.15) is 0 Å². The van der Waals surface area contributed by atoms with E-state index in [0.717, 1.165) is 16.3 Å². The van der Waals surface area contributed by atoms with E-state index in [1.54, 1.807) is 26.2 Å². The van der Waals surface area contributed by atoms with Crippen LogP contribution in [0.15, 0.2) is 47.8 Å². The van der Waals surface area contributed by atoms with Gasteiger partial charge >= 0.3 is 5.97 Å². The first kappa shape index (κ1) is 17.0. The lowest BCUT2D eigenvalue weighted by Gasteiger charge is -2.06. The van der Waals surface area contributed by atoms with Gasteiger partial charge in [0.25, 0.3) is 0 Å². The topological polar surface area (TPSA) is 68.7 Å². The Morgan fingerprint density at radius 3 is 2.68 bits per heavy atom. The van der Waals surface area contributed by atoms with Crippen molar-refractivity contribution in [3.8, 4) is 22.1 Å². The molecule has 1 N–H and O–H groups in total. The van der Waals surface area contributed by atoms with Crippen LogP contribution in [0.2, 0.25) is 0 Å². The van der Waals surface area contributed by atoms with Crippen molar-refractivity contribution in [2.24, 2.45) is 0 Å². The van der Waals surface area contributed by atoms with Crippen LogP contribution in [0.1, 0.15) is 21.6 Å². The predicted octanol–water partition coefficient (Wildman–Crippen LogP) is 4.19. The first-order valence-corrected chi connectivity index (χ1v) is 8.51. The fourth-order valence-corrected chi connectivity index (χ4v) is 3.09. The maximum absolute atomic E-state index is 12.1. The number of benzene rings is 2.